The minimum atomic E-state index is -0.570. The molecule has 1 saturated carbocycles. The molecule has 5 nitrogen and oxygen atoms in total. The van der Waals surface area contributed by atoms with Crippen LogP contribution in [0, 0.1) is 5.92 Å². The average Bonchev–Trinajstić information content (AvgIpc) is 2.61. The molecule has 0 amide bonds. The van der Waals surface area contributed by atoms with Gasteiger partial charge < -0.3 is 19.9 Å². The van der Waals surface area contributed by atoms with Crippen LogP contribution in [0.1, 0.15) is 49.4 Å². The first kappa shape index (κ1) is 18.7. The van der Waals surface area contributed by atoms with Crippen LogP contribution in [0.25, 0.3) is 0 Å². The van der Waals surface area contributed by atoms with Crippen LogP contribution in [-0.2, 0) is 4.74 Å². The van der Waals surface area contributed by atoms with Crippen LogP contribution in [-0.4, -0.2) is 43.5 Å². The quantitative estimate of drug-likeness (QED) is 0.679. The highest BCUT2D eigenvalue weighted by Crippen LogP contribution is 2.22. The molecule has 0 bridgehead atoms. The van der Waals surface area contributed by atoms with E-state index in [1.807, 2.05) is 0 Å². The Morgan fingerprint density at radius 3 is 2.88 bits per heavy atom. The van der Waals surface area contributed by atoms with E-state index in [0.29, 0.717) is 24.5 Å². The molecular weight excluding hydrogens is 306 g/mol. The van der Waals surface area contributed by atoms with E-state index in [-0.39, 0.29) is 12.6 Å². The van der Waals surface area contributed by atoms with E-state index in [1.54, 1.807) is 31.2 Å². The van der Waals surface area contributed by atoms with E-state index < -0.39 is 6.10 Å². The van der Waals surface area contributed by atoms with Crippen LogP contribution in [0.15, 0.2) is 24.3 Å². The number of esters is 1. The van der Waals surface area contributed by atoms with Crippen LogP contribution < -0.4 is 10.1 Å². The normalized spacial score (nSPS) is 16.6. The van der Waals surface area contributed by atoms with Gasteiger partial charge in [-0.2, -0.15) is 0 Å². The summed E-state index contributed by atoms with van der Waals surface area (Å²) in [5, 5.41) is 13.4. The molecule has 0 radical (unpaired) electrons. The zero-order valence-electron chi connectivity index (χ0n) is 14.5. The Kier molecular flexibility index (Phi) is 8.05. The van der Waals surface area contributed by atoms with Gasteiger partial charge in [0.2, 0.25) is 0 Å². The summed E-state index contributed by atoms with van der Waals surface area (Å²) >= 11 is 0. The third-order valence-electron chi connectivity index (χ3n) is 4.33. The maximum Gasteiger partial charge on any atom is 0.338 e. The maximum absolute atomic E-state index is 11.7. The molecule has 2 rings (SSSR count). The first-order chi connectivity index (χ1) is 11.7. The second-order valence-electron chi connectivity index (χ2n) is 6.38. The van der Waals surface area contributed by atoms with Crippen LogP contribution in [0.4, 0.5) is 0 Å². The summed E-state index contributed by atoms with van der Waals surface area (Å²) in [5.74, 6) is 0.942. The number of carbonyl (C=O) groups is 1. The number of rotatable bonds is 9. The second kappa shape index (κ2) is 10.3. The standard InChI is InChI=1S/C19H29NO4/c1-2-23-19(22)16-9-6-10-18(11-16)24-14-17(21)13-20-12-15-7-4-3-5-8-15/h6,9-11,15,17,20-21H,2-5,7-8,12-14H2,1H3. The van der Waals surface area contributed by atoms with Crippen molar-refractivity contribution < 1.29 is 19.4 Å². The van der Waals surface area contributed by atoms with Crippen LogP contribution in [0.2, 0.25) is 0 Å². The van der Waals surface area contributed by atoms with E-state index in [9.17, 15) is 9.90 Å². The van der Waals surface area contributed by atoms with Crippen LogP contribution >= 0.6 is 0 Å². The number of ether oxygens (including phenoxy) is 2. The molecule has 0 saturated heterocycles. The smallest absolute Gasteiger partial charge is 0.338 e. The van der Waals surface area contributed by atoms with Gasteiger partial charge >= 0.3 is 5.97 Å². The highest BCUT2D eigenvalue weighted by atomic mass is 16.5. The highest BCUT2D eigenvalue weighted by Gasteiger charge is 2.14. The van der Waals surface area contributed by atoms with Gasteiger partial charge in [-0.05, 0) is 50.4 Å². The lowest BCUT2D eigenvalue weighted by Gasteiger charge is -2.22. The Hall–Kier alpha value is -1.59. The lowest BCUT2D eigenvalue weighted by atomic mass is 9.89. The summed E-state index contributed by atoms with van der Waals surface area (Å²) in [6, 6.07) is 6.84. The van der Waals surface area contributed by atoms with Gasteiger partial charge in [-0.15, -0.1) is 0 Å². The lowest BCUT2D eigenvalue weighted by molar-refractivity contribution is 0.0525. The molecule has 1 aromatic rings. The Morgan fingerprint density at radius 2 is 2.12 bits per heavy atom. The van der Waals surface area contributed by atoms with Crippen LogP contribution in [0.5, 0.6) is 5.75 Å². The highest BCUT2D eigenvalue weighted by molar-refractivity contribution is 5.89. The zero-order valence-corrected chi connectivity index (χ0v) is 14.5. The first-order valence-corrected chi connectivity index (χ1v) is 8.97. The predicted molar refractivity (Wildman–Crippen MR) is 93.3 cm³/mol. The molecule has 134 valence electrons. The van der Waals surface area contributed by atoms with Gasteiger partial charge in [-0.3, -0.25) is 0 Å². The van der Waals surface area contributed by atoms with Crippen molar-refractivity contribution in [3.05, 3.63) is 29.8 Å². The Morgan fingerprint density at radius 1 is 1.33 bits per heavy atom. The Bertz CT molecular complexity index is 500. The summed E-state index contributed by atoms with van der Waals surface area (Å²) in [6.07, 6.45) is 6.03. The summed E-state index contributed by atoms with van der Waals surface area (Å²) < 4.78 is 10.5. The number of hydrogen-bond donors (Lipinski definition) is 2. The number of nitrogens with one attached hydrogen (secondary N) is 1. The van der Waals surface area contributed by atoms with Gasteiger partial charge in [0.1, 0.15) is 18.5 Å². The van der Waals surface area contributed by atoms with Gasteiger partial charge in [0.15, 0.2) is 0 Å². The third-order valence-corrected chi connectivity index (χ3v) is 4.33. The Labute approximate surface area is 144 Å². The van der Waals surface area contributed by atoms with E-state index in [4.69, 9.17) is 9.47 Å². The molecule has 1 aliphatic carbocycles. The zero-order chi connectivity index (χ0) is 17.2. The summed E-state index contributed by atoms with van der Waals surface area (Å²) in [4.78, 5) is 11.7. The third kappa shape index (κ3) is 6.49. The van der Waals surface area contributed by atoms with Gasteiger partial charge in [-0.25, -0.2) is 4.79 Å². The van der Waals surface area contributed by atoms with E-state index in [2.05, 4.69) is 5.32 Å². The largest absolute Gasteiger partial charge is 0.491 e. The molecule has 0 heterocycles. The predicted octanol–water partition coefficient (Wildman–Crippen LogP) is 2.77. The minimum Gasteiger partial charge on any atom is -0.491 e. The van der Waals surface area contributed by atoms with Crippen molar-refractivity contribution in [2.24, 2.45) is 5.92 Å². The molecule has 1 aliphatic rings. The molecule has 24 heavy (non-hydrogen) atoms. The fourth-order valence-electron chi connectivity index (χ4n) is 3.02. The number of carbonyl (C=O) groups excluding carboxylic acids is 1. The molecular formula is C19H29NO4. The minimum absolute atomic E-state index is 0.198. The molecule has 0 aromatic heterocycles. The fourth-order valence-corrected chi connectivity index (χ4v) is 3.02. The van der Waals surface area contributed by atoms with Crippen molar-refractivity contribution in [3.8, 4) is 5.75 Å². The number of hydrogen-bond acceptors (Lipinski definition) is 5. The summed E-state index contributed by atoms with van der Waals surface area (Å²) in [5.41, 5.74) is 0.458. The Balaban J connectivity index is 1.68. The van der Waals surface area contributed by atoms with Crippen molar-refractivity contribution in [1.29, 1.82) is 0 Å². The van der Waals surface area contributed by atoms with Gasteiger partial charge in [0, 0.05) is 6.54 Å². The summed E-state index contributed by atoms with van der Waals surface area (Å²) in [6.45, 7) is 3.80. The molecule has 2 N–H and O–H groups in total. The van der Waals surface area contributed by atoms with Crippen molar-refractivity contribution >= 4 is 5.97 Å². The van der Waals surface area contributed by atoms with E-state index in [1.165, 1.54) is 32.1 Å². The molecule has 0 spiro atoms. The monoisotopic (exact) mass is 335 g/mol. The molecule has 1 fully saturated rings. The van der Waals surface area contributed by atoms with E-state index >= 15 is 0 Å². The van der Waals surface area contributed by atoms with Crippen molar-refractivity contribution in [2.45, 2.75) is 45.1 Å². The molecule has 1 aromatic carbocycles. The first-order valence-electron chi connectivity index (χ1n) is 8.97. The fraction of sp³-hybridized carbons (Fsp3) is 0.632. The van der Waals surface area contributed by atoms with Crippen molar-refractivity contribution in [1.82, 2.24) is 5.32 Å². The van der Waals surface area contributed by atoms with Crippen molar-refractivity contribution in [2.75, 3.05) is 26.3 Å². The number of benzene rings is 1. The molecule has 1 atom stereocenters. The summed E-state index contributed by atoms with van der Waals surface area (Å²) in [7, 11) is 0. The van der Waals surface area contributed by atoms with Gasteiger partial charge in [0.25, 0.3) is 0 Å². The average molecular weight is 335 g/mol. The van der Waals surface area contributed by atoms with Gasteiger partial charge in [0.05, 0.1) is 12.2 Å². The van der Waals surface area contributed by atoms with Crippen molar-refractivity contribution in [3.63, 3.8) is 0 Å². The molecule has 0 aliphatic heterocycles. The SMILES string of the molecule is CCOC(=O)c1cccc(OCC(O)CNCC2CCCCC2)c1. The van der Waals surface area contributed by atoms with E-state index in [0.717, 1.165) is 12.5 Å². The second-order valence-corrected chi connectivity index (χ2v) is 6.38. The number of aliphatic hydroxyl groups excluding tert-OH is 1. The molecule has 5 heteroatoms. The van der Waals surface area contributed by atoms with Gasteiger partial charge in [-0.1, -0.05) is 25.3 Å². The lowest BCUT2D eigenvalue weighted by Crippen LogP contribution is -2.34. The number of aliphatic hydroxyl groups is 1. The maximum atomic E-state index is 11.7. The topological polar surface area (TPSA) is 67.8 Å². The van der Waals surface area contributed by atoms with Crippen LogP contribution in [0.3, 0.4) is 0 Å². The molecule has 1 unspecified atom stereocenters.